The summed E-state index contributed by atoms with van der Waals surface area (Å²) in [6, 6.07) is 71.4. The van der Waals surface area contributed by atoms with E-state index in [2.05, 4.69) is 38.0 Å². The molecule has 4 aromatic carbocycles. The fourth-order valence-corrected chi connectivity index (χ4v) is 19.7. The van der Waals surface area contributed by atoms with Crippen LogP contribution in [0, 0.1) is 29.1 Å². The van der Waals surface area contributed by atoms with Crippen molar-refractivity contribution in [1.82, 2.24) is 40.9 Å². The van der Waals surface area contributed by atoms with E-state index in [9.17, 15) is 70.4 Å². The number of rotatable bonds is 51. The number of nitriles is 1. The van der Waals surface area contributed by atoms with Gasteiger partial charge in [-0.2, -0.15) is 13.7 Å². The quantitative estimate of drug-likeness (QED) is 0.00449. The SMILES string of the molecule is CC(=O)O[C@@H](CCCCNC(=O)OCc1ccccc1)C(=O)N(Cc1cccs1)Cc1cccs1.CS(=O)(=O)Cl.CS(=O)(=O)O[C@@H](CCCCNC(=O)OCc1ccccc1)C(=O)N(Cc1cccs1)Cc1cccs1.N#C[C@H](CCCCNC(=O)OCc1ccccc1)C(=O)N(Cc1cccs1)Cc1cccs1.O=C(NCCCC[C@H](O)C(=O)N(Cc1cccs1)Cc1cccs1)OCc1ccccc1.[C-]#N.[Li+].[Na+].[OH-]. The van der Waals surface area contributed by atoms with Gasteiger partial charge in [0.15, 0.2) is 12.2 Å². The van der Waals surface area contributed by atoms with Crippen molar-refractivity contribution in [2.24, 2.45) is 5.92 Å². The molecule has 0 spiro atoms. The monoisotopic (exact) mass is 2200 g/mol. The molecule has 8 amide bonds. The summed E-state index contributed by atoms with van der Waals surface area (Å²) in [7, 11) is -2.54. The van der Waals surface area contributed by atoms with E-state index in [1.807, 2.05) is 261 Å². The van der Waals surface area contributed by atoms with Crippen LogP contribution in [0.3, 0.4) is 0 Å². The molecule has 146 heavy (non-hydrogen) atoms. The summed E-state index contributed by atoms with van der Waals surface area (Å²) >= 11 is 12.6. The van der Waals surface area contributed by atoms with Gasteiger partial charge in [0.25, 0.3) is 27.8 Å². The average molecular weight is 2210 g/mol. The van der Waals surface area contributed by atoms with Crippen molar-refractivity contribution in [3.05, 3.63) is 329 Å². The van der Waals surface area contributed by atoms with E-state index in [-0.39, 0.29) is 110 Å². The van der Waals surface area contributed by atoms with Crippen LogP contribution in [0.2, 0.25) is 0 Å². The van der Waals surface area contributed by atoms with E-state index in [4.69, 9.17) is 39.7 Å². The number of esters is 1. The van der Waals surface area contributed by atoms with Crippen LogP contribution in [-0.4, -0.2) is 158 Å². The number of nitrogens with one attached hydrogen (secondary N) is 4. The molecule has 0 saturated heterocycles. The first-order chi connectivity index (χ1) is 69.1. The van der Waals surface area contributed by atoms with Crippen LogP contribution in [-0.2, 0) is 150 Å². The number of unbranched alkanes of at least 4 members (excludes halogenated alkanes) is 4. The Kier molecular flexibility index (Phi) is 65.2. The van der Waals surface area contributed by atoms with Crippen LogP contribution in [0.5, 0.6) is 0 Å². The molecule has 772 valence electrons. The molecule has 12 rings (SSSR count). The topological polar surface area (TPSA) is 436 Å². The Hall–Kier alpha value is -10.4. The second-order valence-corrected chi connectivity index (χ2v) is 44.5. The van der Waals surface area contributed by atoms with Crippen molar-refractivity contribution in [3.63, 3.8) is 0 Å². The number of halogens is 1. The summed E-state index contributed by atoms with van der Waals surface area (Å²) in [6.07, 6.45) is 3.12. The Morgan fingerprint density at radius 1 is 0.363 bits per heavy atom. The maximum atomic E-state index is 13.4. The number of ether oxygens (including phenoxy) is 5. The van der Waals surface area contributed by atoms with E-state index in [1.54, 1.807) is 87.6 Å². The minimum Gasteiger partial charge on any atom is -0.870 e. The summed E-state index contributed by atoms with van der Waals surface area (Å²) in [5, 5.41) is 52.9. The van der Waals surface area contributed by atoms with Gasteiger partial charge in [0.1, 0.15) is 38.4 Å². The normalized spacial score (nSPS) is 11.3. The summed E-state index contributed by atoms with van der Waals surface area (Å²) in [6.45, 7) is 12.1. The van der Waals surface area contributed by atoms with Crippen molar-refractivity contribution in [3.8, 4) is 6.07 Å². The molecular weight excluding hydrogens is 2090 g/mol. The summed E-state index contributed by atoms with van der Waals surface area (Å²) in [5.41, 5.74) is 3.67. The predicted octanol–water partition coefficient (Wildman–Crippen LogP) is 14.6. The molecular formula is C102H119ClLiN10NaO21S10. The van der Waals surface area contributed by atoms with E-state index >= 15 is 0 Å². The van der Waals surface area contributed by atoms with Crippen LogP contribution in [0.15, 0.2) is 261 Å². The standard InChI is InChI=1S/C26H30N2O5S2.C25H27N3O3S2.C25H30N2O6S3.C24H28N2O4S2.CH3ClO2S.CN.Li.Na.H2O/c1-20(29)33-24(13-5-6-14-27-26(31)32-19-21-9-3-2-4-10-21)25(30)28(17-22-11-7-15-34-22)18-23-12-8-16-35-23;26-16-21(10-4-5-13-27-25(30)31-19-20-8-2-1-3-9-20)24(29)28(17-22-11-6-14-32-22)18-23-12-7-15-33-23;1-36(30,31)33-23(13-5-6-14-26-25(29)32-19-20-9-3-2-4-10-20)24(28)27(17-21-11-7-15-34-21)18-22-12-8-16-35-22;27-22(12-4-5-13-25-24(29)30-18-19-8-2-1-3-9-19)23(28)26(16-20-10-6-14-31-20)17-21-11-7-15-32-21;1-5(2,3)4;1-2;;;/h2-4,7-12,15-16,24H,5-6,13-14,17-19H2,1H3,(H,27,31);1-3,6-9,11-12,14-15,21H,4-5,10,13,17-19H2,(H,27,30);2-4,7-12,15-16,23H,5-6,13-14,17-19H2,1H3,(H,26,29);1-3,6-11,14-15,22,27H,4-5,12-13,16-18H2,(H,25,29);1H3;;;;1H2/q;;;;;-1;2*+1;/p-1/t24-;21-;23-;22-;;;;;/m0000...../s1. The van der Waals surface area contributed by atoms with E-state index in [1.165, 1.54) is 29.6 Å². The second-order valence-electron chi connectivity index (χ2n) is 31.6. The Balaban J connectivity index is 0.000000394. The van der Waals surface area contributed by atoms with E-state index in [0.717, 1.165) is 73.8 Å². The summed E-state index contributed by atoms with van der Waals surface area (Å²) < 4.78 is 74.0. The van der Waals surface area contributed by atoms with Crippen LogP contribution in [0.25, 0.3) is 0 Å². The van der Waals surface area contributed by atoms with Gasteiger partial charge in [-0.1, -0.05) is 170 Å². The molecule has 4 atom stereocenters. The molecule has 44 heteroatoms. The Morgan fingerprint density at radius 2 is 0.589 bits per heavy atom. The molecule has 0 aliphatic heterocycles. The van der Waals surface area contributed by atoms with Gasteiger partial charge in [-0.05, 0) is 191 Å². The minimum atomic E-state index is -3.85. The molecule has 0 aliphatic rings. The van der Waals surface area contributed by atoms with Gasteiger partial charge in [0.2, 0.25) is 15.0 Å². The Bertz CT molecular complexity index is 5730. The number of amides is 8. The average Bonchev–Trinajstić information content (AvgIpc) is 1.39. The first-order valence-corrected chi connectivity index (χ1v) is 57.0. The number of thiophene rings is 8. The van der Waals surface area contributed by atoms with Crippen LogP contribution in [0.1, 0.15) is 145 Å². The number of alkyl carbamates (subject to hydrolysis) is 4. The zero-order valence-electron chi connectivity index (χ0n) is 81.8. The van der Waals surface area contributed by atoms with Gasteiger partial charge in [0, 0.05) is 82.8 Å². The van der Waals surface area contributed by atoms with Gasteiger partial charge in [-0.25, -0.2) is 27.6 Å². The zero-order chi connectivity index (χ0) is 103. The molecule has 8 heterocycles. The van der Waals surface area contributed by atoms with Crippen molar-refractivity contribution in [1.29, 1.82) is 10.5 Å². The number of hydrogen-bond acceptors (Lipinski definition) is 31. The molecule has 0 saturated carbocycles. The van der Waals surface area contributed by atoms with Crippen LogP contribution < -0.4 is 69.7 Å². The third-order valence-electron chi connectivity index (χ3n) is 20.1. The van der Waals surface area contributed by atoms with Gasteiger partial charge in [-0.3, -0.25) is 28.2 Å². The number of aliphatic hydroxyl groups excluding tert-OH is 1. The van der Waals surface area contributed by atoms with Gasteiger partial charge in [-0.15, -0.1) is 90.7 Å². The van der Waals surface area contributed by atoms with Gasteiger partial charge < -0.3 is 87.0 Å². The number of aliphatic hydroxyl groups is 1. The zero-order valence-corrected chi connectivity index (χ0v) is 92.7. The van der Waals surface area contributed by atoms with E-state index in [0.29, 0.717) is 149 Å². The smallest absolute Gasteiger partial charge is 0.870 e. The maximum absolute atomic E-state index is 13.4. The third kappa shape index (κ3) is 56.1. The Morgan fingerprint density at radius 3 is 0.822 bits per heavy atom. The Labute approximate surface area is 924 Å². The molecule has 31 nitrogen and oxygen atoms in total. The molecule has 6 N–H and O–H groups in total. The first-order valence-electron chi connectivity index (χ1n) is 45.5. The predicted molar refractivity (Wildman–Crippen MR) is 563 cm³/mol. The summed E-state index contributed by atoms with van der Waals surface area (Å²) in [5.74, 6) is -2.18. The summed E-state index contributed by atoms with van der Waals surface area (Å²) in [4.78, 5) is 127. The van der Waals surface area contributed by atoms with E-state index < -0.39 is 73.7 Å². The molecule has 0 bridgehead atoms. The van der Waals surface area contributed by atoms with Crippen molar-refractivity contribution >= 4 is 175 Å². The van der Waals surface area contributed by atoms with Crippen molar-refractivity contribution in [2.75, 3.05) is 38.7 Å². The maximum Gasteiger partial charge on any atom is 1.00 e. The van der Waals surface area contributed by atoms with Crippen LogP contribution >= 0.6 is 101 Å². The fraction of sp³-hybridized carbons (Fsp3) is 0.343. The second kappa shape index (κ2) is 74.4. The number of carbonyl (C=O) groups is 9. The largest absolute Gasteiger partial charge is 1.00 e. The van der Waals surface area contributed by atoms with Gasteiger partial charge >= 0.3 is 78.8 Å². The number of nitrogens with zero attached hydrogens (tertiary/aromatic N) is 6. The fourth-order valence-electron chi connectivity index (χ4n) is 13.3. The minimum absolute atomic E-state index is 0. The first kappa shape index (κ1) is 128. The molecule has 0 radical (unpaired) electrons. The third-order valence-corrected chi connectivity index (χ3v) is 27.6. The van der Waals surface area contributed by atoms with Crippen molar-refractivity contribution in [2.45, 2.75) is 181 Å². The molecule has 0 fully saturated rings. The molecule has 0 aliphatic carbocycles. The molecule has 0 unspecified atom stereocenters. The number of hydrogen-bond donors (Lipinski definition) is 5. The molecule has 12 aromatic rings. The van der Waals surface area contributed by atoms with Gasteiger partial charge in [0.05, 0.1) is 70.9 Å². The molecule has 8 aromatic heterocycles. The van der Waals surface area contributed by atoms with Crippen molar-refractivity contribution < 1.29 is 147 Å². The number of carbonyl (C=O) groups excluding carboxylic acids is 9. The number of benzene rings is 4. The van der Waals surface area contributed by atoms with Crippen LogP contribution in [0.4, 0.5) is 19.2 Å².